The number of sulfone groups is 1. The topological polar surface area (TPSA) is 67.3 Å². The monoisotopic (exact) mass is 440 g/mol. The van der Waals surface area contributed by atoms with Crippen molar-refractivity contribution in [2.75, 3.05) is 11.2 Å². The number of carbonyl (C=O) groups is 1. The number of hydrogen-bond acceptors (Lipinski definition) is 5. The number of carbonyl (C=O) groups excluding carboxylic acids is 1. The van der Waals surface area contributed by atoms with E-state index in [-0.39, 0.29) is 28.7 Å². The lowest BCUT2D eigenvalue weighted by Gasteiger charge is -2.20. The van der Waals surface area contributed by atoms with Gasteiger partial charge in [0.1, 0.15) is 5.82 Å². The standard InChI is InChI=1S/C22H17FN2O3S2/c1-30(27,28)18-9-5-8-16(12-18)21(26)25(14-15-6-3-2-4-7-15)22-24-19-11-10-17(23)13-20(19)29-22/h2-13H,14H2,1H3. The van der Waals surface area contributed by atoms with E-state index in [2.05, 4.69) is 4.98 Å². The summed E-state index contributed by atoms with van der Waals surface area (Å²) in [6, 6.07) is 19.6. The molecule has 4 aromatic rings. The Morgan fingerprint density at radius 1 is 1.03 bits per heavy atom. The van der Waals surface area contributed by atoms with Gasteiger partial charge >= 0.3 is 0 Å². The first-order valence-corrected chi connectivity index (χ1v) is 11.7. The van der Waals surface area contributed by atoms with Gasteiger partial charge in [0.15, 0.2) is 15.0 Å². The summed E-state index contributed by atoms with van der Waals surface area (Å²) < 4.78 is 38.1. The normalized spacial score (nSPS) is 11.5. The quantitative estimate of drug-likeness (QED) is 0.452. The summed E-state index contributed by atoms with van der Waals surface area (Å²) in [6.07, 6.45) is 1.10. The molecule has 0 fully saturated rings. The van der Waals surface area contributed by atoms with Crippen molar-refractivity contribution in [3.63, 3.8) is 0 Å². The Morgan fingerprint density at radius 3 is 2.53 bits per heavy atom. The van der Waals surface area contributed by atoms with E-state index in [9.17, 15) is 17.6 Å². The van der Waals surface area contributed by atoms with Crippen molar-refractivity contribution in [3.8, 4) is 0 Å². The molecule has 4 rings (SSSR count). The zero-order chi connectivity index (χ0) is 21.3. The SMILES string of the molecule is CS(=O)(=O)c1cccc(C(=O)N(Cc2ccccc2)c2nc3ccc(F)cc3s2)c1. The maximum atomic E-state index is 13.6. The highest BCUT2D eigenvalue weighted by Gasteiger charge is 2.23. The Balaban J connectivity index is 1.79. The van der Waals surface area contributed by atoms with Crippen molar-refractivity contribution in [2.24, 2.45) is 0 Å². The van der Waals surface area contributed by atoms with Crippen LogP contribution in [0.5, 0.6) is 0 Å². The number of hydrogen-bond donors (Lipinski definition) is 0. The molecule has 0 unspecified atom stereocenters. The van der Waals surface area contributed by atoms with Crippen LogP contribution in [0, 0.1) is 5.82 Å². The lowest BCUT2D eigenvalue weighted by molar-refractivity contribution is 0.0985. The summed E-state index contributed by atoms with van der Waals surface area (Å²) in [7, 11) is -3.46. The molecule has 0 N–H and O–H groups in total. The van der Waals surface area contributed by atoms with Gasteiger partial charge in [-0.25, -0.2) is 17.8 Å². The molecule has 0 aliphatic carbocycles. The Labute approximate surface area is 177 Å². The molecule has 5 nitrogen and oxygen atoms in total. The highest BCUT2D eigenvalue weighted by molar-refractivity contribution is 7.90. The Hall–Kier alpha value is -3.10. The van der Waals surface area contributed by atoms with Gasteiger partial charge < -0.3 is 0 Å². The Kier molecular flexibility index (Phi) is 5.36. The van der Waals surface area contributed by atoms with Crippen molar-refractivity contribution >= 4 is 42.4 Å². The zero-order valence-electron chi connectivity index (χ0n) is 15.9. The molecular weight excluding hydrogens is 423 g/mol. The third kappa shape index (κ3) is 4.24. The van der Waals surface area contributed by atoms with Gasteiger partial charge in [-0.15, -0.1) is 0 Å². The van der Waals surface area contributed by atoms with Crippen molar-refractivity contribution in [1.82, 2.24) is 4.98 Å². The average Bonchev–Trinajstić information content (AvgIpc) is 3.14. The zero-order valence-corrected chi connectivity index (χ0v) is 17.6. The number of amides is 1. The second kappa shape index (κ2) is 7.97. The van der Waals surface area contributed by atoms with E-state index in [4.69, 9.17) is 0 Å². The fourth-order valence-corrected chi connectivity index (χ4v) is 4.66. The van der Waals surface area contributed by atoms with Crippen molar-refractivity contribution in [2.45, 2.75) is 11.4 Å². The molecule has 0 saturated carbocycles. The molecule has 0 atom stereocenters. The van der Waals surface area contributed by atoms with Gasteiger partial charge in [0, 0.05) is 11.8 Å². The highest BCUT2D eigenvalue weighted by Crippen LogP contribution is 2.31. The summed E-state index contributed by atoms with van der Waals surface area (Å²) in [6.45, 7) is 0.241. The van der Waals surface area contributed by atoms with E-state index in [0.29, 0.717) is 15.3 Å². The van der Waals surface area contributed by atoms with Gasteiger partial charge in [-0.1, -0.05) is 47.7 Å². The molecular formula is C22H17FN2O3S2. The van der Waals surface area contributed by atoms with Crippen LogP contribution in [0.4, 0.5) is 9.52 Å². The fourth-order valence-electron chi connectivity index (χ4n) is 3.01. The summed E-state index contributed by atoms with van der Waals surface area (Å²) in [4.78, 5) is 19.5. The van der Waals surface area contributed by atoms with Crippen LogP contribution in [0.2, 0.25) is 0 Å². The molecule has 3 aromatic carbocycles. The van der Waals surface area contributed by atoms with Gasteiger partial charge in [-0.3, -0.25) is 9.69 Å². The first-order valence-electron chi connectivity index (χ1n) is 9.03. The van der Waals surface area contributed by atoms with Crippen LogP contribution in [0.25, 0.3) is 10.2 Å². The number of nitrogens with zero attached hydrogens (tertiary/aromatic N) is 2. The number of fused-ring (bicyclic) bond motifs is 1. The number of halogens is 1. The van der Waals surface area contributed by atoms with Crippen LogP contribution >= 0.6 is 11.3 Å². The molecule has 0 radical (unpaired) electrons. The highest BCUT2D eigenvalue weighted by atomic mass is 32.2. The van der Waals surface area contributed by atoms with Crippen molar-refractivity contribution < 1.29 is 17.6 Å². The summed E-state index contributed by atoms with van der Waals surface area (Å²) in [5.41, 5.74) is 1.71. The maximum Gasteiger partial charge on any atom is 0.260 e. The second-order valence-electron chi connectivity index (χ2n) is 6.79. The minimum absolute atomic E-state index is 0.0689. The van der Waals surface area contributed by atoms with E-state index in [1.165, 1.54) is 46.6 Å². The van der Waals surface area contributed by atoms with E-state index in [0.717, 1.165) is 11.8 Å². The molecule has 1 amide bonds. The largest absolute Gasteiger partial charge is 0.279 e. The lowest BCUT2D eigenvalue weighted by Crippen LogP contribution is -2.30. The van der Waals surface area contributed by atoms with Gasteiger partial charge in [-0.05, 0) is 42.0 Å². The van der Waals surface area contributed by atoms with Crippen LogP contribution in [0.1, 0.15) is 15.9 Å². The number of anilines is 1. The molecule has 0 aliphatic heterocycles. The van der Waals surface area contributed by atoms with Crippen LogP contribution < -0.4 is 4.90 Å². The first kappa shape index (κ1) is 20.2. The summed E-state index contributed by atoms with van der Waals surface area (Å²) in [5.74, 6) is -0.761. The molecule has 1 aromatic heterocycles. The van der Waals surface area contributed by atoms with Crippen LogP contribution in [0.3, 0.4) is 0 Å². The van der Waals surface area contributed by atoms with Crippen LogP contribution in [-0.2, 0) is 16.4 Å². The van der Waals surface area contributed by atoms with Crippen molar-refractivity contribution in [1.29, 1.82) is 0 Å². The van der Waals surface area contributed by atoms with Gasteiger partial charge in [0.2, 0.25) is 0 Å². The minimum Gasteiger partial charge on any atom is -0.279 e. The average molecular weight is 441 g/mol. The van der Waals surface area contributed by atoms with E-state index >= 15 is 0 Å². The van der Waals surface area contributed by atoms with Crippen molar-refractivity contribution in [3.05, 3.63) is 89.7 Å². The van der Waals surface area contributed by atoms with Crippen LogP contribution in [0.15, 0.2) is 77.7 Å². The molecule has 0 saturated heterocycles. The van der Waals surface area contributed by atoms with Gasteiger partial charge in [-0.2, -0.15) is 0 Å². The molecule has 8 heteroatoms. The summed E-state index contributed by atoms with van der Waals surface area (Å²) in [5, 5.41) is 0.411. The minimum atomic E-state index is -3.46. The Bertz CT molecular complexity index is 1340. The van der Waals surface area contributed by atoms with E-state index < -0.39 is 9.84 Å². The maximum absolute atomic E-state index is 13.6. The van der Waals surface area contributed by atoms with Gasteiger partial charge in [0.25, 0.3) is 5.91 Å². The first-order chi connectivity index (χ1) is 14.3. The lowest BCUT2D eigenvalue weighted by atomic mass is 10.1. The molecule has 0 spiro atoms. The number of rotatable bonds is 5. The third-order valence-corrected chi connectivity index (χ3v) is 6.66. The van der Waals surface area contributed by atoms with Crippen LogP contribution in [-0.4, -0.2) is 25.6 Å². The molecule has 1 heterocycles. The smallest absolute Gasteiger partial charge is 0.260 e. The van der Waals surface area contributed by atoms with E-state index in [1.54, 1.807) is 12.1 Å². The molecule has 30 heavy (non-hydrogen) atoms. The molecule has 152 valence electrons. The predicted octanol–water partition coefficient (Wildman–Crippen LogP) is 4.69. The number of thiazole rings is 1. The van der Waals surface area contributed by atoms with Gasteiger partial charge in [0.05, 0.1) is 21.7 Å². The third-order valence-electron chi connectivity index (χ3n) is 4.51. The number of benzene rings is 3. The Morgan fingerprint density at radius 2 is 1.80 bits per heavy atom. The van der Waals surface area contributed by atoms with E-state index in [1.807, 2.05) is 30.3 Å². The molecule has 0 aliphatic rings. The summed E-state index contributed by atoms with van der Waals surface area (Å²) >= 11 is 1.21. The fraction of sp³-hybridized carbons (Fsp3) is 0.0909. The predicted molar refractivity (Wildman–Crippen MR) is 116 cm³/mol. The molecule has 0 bridgehead atoms. The second-order valence-corrected chi connectivity index (χ2v) is 9.81. The number of aromatic nitrogens is 1.